The van der Waals surface area contributed by atoms with E-state index in [9.17, 15) is 4.79 Å². The fourth-order valence-electron chi connectivity index (χ4n) is 2.43. The van der Waals surface area contributed by atoms with E-state index in [0.29, 0.717) is 13.2 Å². The van der Waals surface area contributed by atoms with E-state index < -0.39 is 0 Å². The lowest BCUT2D eigenvalue weighted by Crippen LogP contribution is -2.23. The number of nitrogens with zero attached hydrogens (tertiary/aromatic N) is 1. The molecule has 1 heterocycles. The van der Waals surface area contributed by atoms with Crippen LogP contribution in [-0.4, -0.2) is 19.6 Å². The number of ether oxygens (including phenoxy) is 2. The highest BCUT2D eigenvalue weighted by Crippen LogP contribution is 2.11. The maximum absolute atomic E-state index is 11.5. The molecule has 1 aliphatic rings. The van der Waals surface area contributed by atoms with E-state index in [4.69, 9.17) is 9.47 Å². The van der Waals surface area contributed by atoms with Gasteiger partial charge >= 0.3 is 5.97 Å². The largest absolute Gasteiger partial charge is 0.489 e. The Bertz CT molecular complexity index is 797. The van der Waals surface area contributed by atoms with Crippen molar-refractivity contribution in [3.05, 3.63) is 64.7 Å². The van der Waals surface area contributed by atoms with Gasteiger partial charge in [0.2, 0.25) is 0 Å². The zero-order valence-electron chi connectivity index (χ0n) is 12.4. The smallest absolute Gasteiger partial charge is 0.309 e. The van der Waals surface area contributed by atoms with Gasteiger partial charge in [0, 0.05) is 5.22 Å². The van der Waals surface area contributed by atoms with Gasteiger partial charge in [0.1, 0.15) is 12.4 Å². The van der Waals surface area contributed by atoms with Crippen molar-refractivity contribution in [1.82, 2.24) is 0 Å². The molecule has 0 radical (unpaired) electrons. The molecule has 112 valence electrons. The van der Waals surface area contributed by atoms with Crippen LogP contribution in [0.3, 0.4) is 0 Å². The molecule has 0 amide bonds. The van der Waals surface area contributed by atoms with Gasteiger partial charge < -0.3 is 9.47 Å². The van der Waals surface area contributed by atoms with Crippen LogP contribution in [0.25, 0.3) is 5.57 Å². The topological polar surface area (TPSA) is 47.9 Å². The van der Waals surface area contributed by atoms with Gasteiger partial charge in [-0.1, -0.05) is 30.3 Å². The molecule has 2 aromatic rings. The summed E-state index contributed by atoms with van der Waals surface area (Å²) in [6, 6.07) is 15.8. The van der Waals surface area contributed by atoms with E-state index in [0.717, 1.165) is 27.5 Å². The Balaban J connectivity index is 1.81. The molecule has 3 rings (SSSR count). The number of benzene rings is 2. The number of esters is 1. The first-order valence-electron chi connectivity index (χ1n) is 7.16. The number of hydrogen-bond acceptors (Lipinski definition) is 4. The van der Waals surface area contributed by atoms with Gasteiger partial charge in [-0.25, -0.2) is 0 Å². The minimum absolute atomic E-state index is 0.242. The molecule has 0 aliphatic carbocycles. The van der Waals surface area contributed by atoms with Crippen LogP contribution in [-0.2, 0) is 16.1 Å². The molecule has 1 aliphatic heterocycles. The third kappa shape index (κ3) is 3.17. The van der Waals surface area contributed by atoms with Gasteiger partial charge in [0.15, 0.2) is 0 Å². The summed E-state index contributed by atoms with van der Waals surface area (Å²) < 4.78 is 10.6. The average molecular weight is 295 g/mol. The van der Waals surface area contributed by atoms with Crippen LogP contribution in [0.15, 0.2) is 53.5 Å². The van der Waals surface area contributed by atoms with Gasteiger partial charge in [0.25, 0.3) is 0 Å². The molecule has 0 aromatic heterocycles. The highest BCUT2D eigenvalue weighted by molar-refractivity contribution is 5.80. The molecule has 4 nitrogen and oxygen atoms in total. The second-order valence-corrected chi connectivity index (χ2v) is 5.13. The Hall–Kier alpha value is -2.62. The number of methoxy groups -OCH3 is 1. The molecule has 0 spiro atoms. The predicted octanol–water partition coefficient (Wildman–Crippen LogP) is 1.61. The molecular formula is C18H17NO3. The van der Waals surface area contributed by atoms with Crippen molar-refractivity contribution in [3.63, 3.8) is 0 Å². The summed E-state index contributed by atoms with van der Waals surface area (Å²) in [5.41, 5.74) is 2.10. The Labute approximate surface area is 128 Å². The first kappa shape index (κ1) is 14.3. The number of hydrogen-bond donors (Lipinski definition) is 0. The maximum atomic E-state index is 11.5. The lowest BCUT2D eigenvalue weighted by atomic mass is 10.1. The molecule has 22 heavy (non-hydrogen) atoms. The number of rotatable bonds is 5. The Morgan fingerprint density at radius 3 is 2.77 bits per heavy atom. The van der Waals surface area contributed by atoms with Crippen LogP contribution in [0.4, 0.5) is 0 Å². The summed E-state index contributed by atoms with van der Waals surface area (Å²) in [4.78, 5) is 15.9. The van der Waals surface area contributed by atoms with Gasteiger partial charge in [0.05, 0.1) is 25.4 Å². The zero-order valence-corrected chi connectivity index (χ0v) is 12.4. The third-order valence-corrected chi connectivity index (χ3v) is 3.62. The van der Waals surface area contributed by atoms with Crippen LogP contribution in [0.2, 0.25) is 0 Å². The summed E-state index contributed by atoms with van der Waals surface area (Å²) in [5.74, 6) is 0.538. The Kier molecular flexibility index (Phi) is 4.19. The van der Waals surface area contributed by atoms with Crippen LogP contribution in [0, 0.1) is 0 Å². The normalized spacial score (nSPS) is 12.5. The molecule has 2 aromatic carbocycles. The SMILES string of the molecule is COC(=O)CC1=c2cc(OCc3ccccc3)ccc2=NC1. The molecule has 0 atom stereocenters. The van der Waals surface area contributed by atoms with E-state index in [1.54, 1.807) is 0 Å². The summed E-state index contributed by atoms with van der Waals surface area (Å²) in [6.07, 6.45) is 0.273. The summed E-state index contributed by atoms with van der Waals surface area (Å²) in [7, 11) is 1.40. The summed E-state index contributed by atoms with van der Waals surface area (Å²) in [5, 5.41) is 1.89. The van der Waals surface area contributed by atoms with Crippen molar-refractivity contribution in [2.45, 2.75) is 13.0 Å². The number of carbonyl (C=O) groups excluding carboxylic acids is 1. The van der Waals surface area contributed by atoms with Crippen LogP contribution < -0.4 is 15.3 Å². The minimum atomic E-state index is -0.242. The molecule has 0 saturated carbocycles. The highest BCUT2D eigenvalue weighted by atomic mass is 16.5. The molecule has 0 bridgehead atoms. The van der Waals surface area contributed by atoms with Gasteiger partial charge in [-0.05, 0) is 29.3 Å². The van der Waals surface area contributed by atoms with E-state index in [1.165, 1.54) is 7.11 Å². The summed E-state index contributed by atoms with van der Waals surface area (Å²) >= 11 is 0. The Morgan fingerprint density at radius 1 is 1.18 bits per heavy atom. The fourth-order valence-corrected chi connectivity index (χ4v) is 2.43. The van der Waals surface area contributed by atoms with Crippen LogP contribution in [0.5, 0.6) is 5.75 Å². The maximum Gasteiger partial charge on any atom is 0.309 e. The Morgan fingerprint density at radius 2 is 2.00 bits per heavy atom. The molecule has 0 saturated heterocycles. The fraction of sp³-hybridized carbons (Fsp3) is 0.222. The number of carbonyl (C=O) groups is 1. The molecular weight excluding hydrogens is 278 g/mol. The zero-order chi connectivity index (χ0) is 15.4. The second-order valence-electron chi connectivity index (χ2n) is 5.13. The standard InChI is InChI=1S/C18H17NO3/c1-21-18(20)9-14-11-19-17-8-7-15(10-16(14)17)22-12-13-5-3-2-4-6-13/h2-8,10H,9,11-12H2,1H3. The average Bonchev–Trinajstić information content (AvgIpc) is 2.96. The molecule has 0 fully saturated rings. The van der Waals surface area contributed by atoms with E-state index in [-0.39, 0.29) is 12.4 Å². The van der Waals surface area contributed by atoms with Crippen molar-refractivity contribution in [2.75, 3.05) is 13.7 Å². The third-order valence-electron chi connectivity index (χ3n) is 3.62. The lowest BCUT2D eigenvalue weighted by Gasteiger charge is -2.06. The lowest BCUT2D eigenvalue weighted by molar-refractivity contribution is -0.139. The van der Waals surface area contributed by atoms with Gasteiger partial charge in [-0.15, -0.1) is 0 Å². The van der Waals surface area contributed by atoms with E-state index in [2.05, 4.69) is 4.99 Å². The van der Waals surface area contributed by atoms with Crippen molar-refractivity contribution >= 4 is 11.5 Å². The first-order valence-corrected chi connectivity index (χ1v) is 7.16. The summed E-state index contributed by atoms with van der Waals surface area (Å²) in [6.45, 7) is 1.07. The van der Waals surface area contributed by atoms with Crippen molar-refractivity contribution < 1.29 is 14.3 Å². The predicted molar refractivity (Wildman–Crippen MR) is 82.9 cm³/mol. The van der Waals surface area contributed by atoms with E-state index in [1.807, 2.05) is 48.5 Å². The van der Waals surface area contributed by atoms with Crippen molar-refractivity contribution in [1.29, 1.82) is 0 Å². The van der Waals surface area contributed by atoms with Gasteiger partial charge in [-0.2, -0.15) is 0 Å². The van der Waals surface area contributed by atoms with Gasteiger partial charge in [-0.3, -0.25) is 9.79 Å². The van der Waals surface area contributed by atoms with Crippen LogP contribution in [0.1, 0.15) is 12.0 Å². The second kappa shape index (κ2) is 6.43. The first-order chi connectivity index (χ1) is 10.8. The number of fused-ring (bicyclic) bond motifs is 1. The highest BCUT2D eigenvalue weighted by Gasteiger charge is 2.12. The van der Waals surface area contributed by atoms with Crippen molar-refractivity contribution in [2.24, 2.45) is 4.99 Å². The minimum Gasteiger partial charge on any atom is -0.489 e. The van der Waals surface area contributed by atoms with E-state index >= 15 is 0 Å². The molecule has 0 unspecified atom stereocenters. The molecule has 0 N–H and O–H groups in total. The van der Waals surface area contributed by atoms with Crippen LogP contribution >= 0.6 is 0 Å². The monoisotopic (exact) mass is 295 g/mol. The molecule has 4 heteroatoms. The quantitative estimate of drug-likeness (QED) is 0.787. The van der Waals surface area contributed by atoms with Crippen molar-refractivity contribution in [3.8, 4) is 5.75 Å².